The molecule has 0 N–H and O–H groups in total. The van der Waals surface area contributed by atoms with Crippen molar-refractivity contribution in [3.63, 3.8) is 0 Å². The van der Waals surface area contributed by atoms with Gasteiger partial charge in [0, 0.05) is 12.2 Å². The second-order valence-electron chi connectivity index (χ2n) is 9.23. The Morgan fingerprint density at radius 2 is 2.00 bits per heavy atom. The SMILES string of the molecule is Cc1cccc(COCC2CC3(CCN(CC4CCCCC4)CC3)CO2)n1. The van der Waals surface area contributed by atoms with Crippen LogP contribution in [0.1, 0.15) is 62.8 Å². The van der Waals surface area contributed by atoms with E-state index in [0.29, 0.717) is 18.6 Å². The molecule has 1 aliphatic carbocycles. The van der Waals surface area contributed by atoms with E-state index in [1.165, 1.54) is 71.0 Å². The second-order valence-corrected chi connectivity index (χ2v) is 9.23. The van der Waals surface area contributed by atoms with Crippen LogP contribution in [0.5, 0.6) is 0 Å². The Morgan fingerprint density at radius 3 is 2.78 bits per heavy atom. The second kappa shape index (κ2) is 9.02. The zero-order chi connectivity index (χ0) is 18.5. The Bertz CT molecular complexity index is 592. The van der Waals surface area contributed by atoms with E-state index in [9.17, 15) is 0 Å². The summed E-state index contributed by atoms with van der Waals surface area (Å²) < 4.78 is 12.0. The molecule has 0 radical (unpaired) electrons. The van der Waals surface area contributed by atoms with Crippen molar-refractivity contribution >= 4 is 0 Å². The van der Waals surface area contributed by atoms with Crippen LogP contribution < -0.4 is 0 Å². The first kappa shape index (κ1) is 19.4. The molecular weight excluding hydrogens is 336 g/mol. The lowest BCUT2D eigenvalue weighted by Crippen LogP contribution is -2.42. The molecule has 1 aromatic rings. The number of pyridine rings is 1. The minimum atomic E-state index is 0.264. The summed E-state index contributed by atoms with van der Waals surface area (Å²) in [5, 5.41) is 0. The third kappa shape index (κ3) is 5.30. The van der Waals surface area contributed by atoms with Gasteiger partial charge in [-0.05, 0) is 75.6 Å². The molecule has 1 unspecified atom stereocenters. The van der Waals surface area contributed by atoms with Crippen LogP contribution in [-0.2, 0) is 16.1 Å². The highest BCUT2D eigenvalue weighted by molar-refractivity contribution is 5.09. The van der Waals surface area contributed by atoms with Gasteiger partial charge in [0.25, 0.3) is 0 Å². The fourth-order valence-electron chi connectivity index (χ4n) is 5.27. The first-order valence-electron chi connectivity index (χ1n) is 11.1. The smallest absolute Gasteiger partial charge is 0.0889 e. The molecule has 27 heavy (non-hydrogen) atoms. The van der Waals surface area contributed by atoms with Crippen LogP contribution in [0, 0.1) is 18.3 Å². The normalized spacial score (nSPS) is 26.6. The number of hydrogen-bond donors (Lipinski definition) is 0. The number of ether oxygens (including phenoxy) is 2. The molecule has 0 bridgehead atoms. The van der Waals surface area contributed by atoms with Gasteiger partial charge in [-0.2, -0.15) is 0 Å². The summed E-state index contributed by atoms with van der Waals surface area (Å²) in [4.78, 5) is 7.24. The molecule has 1 spiro atoms. The summed E-state index contributed by atoms with van der Waals surface area (Å²) in [6.45, 7) is 8.11. The van der Waals surface area contributed by atoms with Gasteiger partial charge < -0.3 is 14.4 Å². The molecule has 0 amide bonds. The average Bonchev–Trinajstić information content (AvgIpc) is 3.07. The van der Waals surface area contributed by atoms with Crippen molar-refractivity contribution in [1.29, 1.82) is 0 Å². The molecule has 1 aromatic heterocycles. The number of likely N-dealkylation sites (tertiary alicyclic amines) is 1. The molecule has 0 aromatic carbocycles. The maximum atomic E-state index is 6.13. The highest BCUT2D eigenvalue weighted by Gasteiger charge is 2.42. The molecule has 2 saturated heterocycles. The lowest BCUT2D eigenvalue weighted by atomic mass is 9.76. The first-order valence-corrected chi connectivity index (χ1v) is 11.1. The predicted octanol–water partition coefficient (Wildman–Crippen LogP) is 4.36. The van der Waals surface area contributed by atoms with Gasteiger partial charge in [-0.3, -0.25) is 4.98 Å². The highest BCUT2D eigenvalue weighted by Crippen LogP contribution is 2.42. The molecular formula is C23H36N2O2. The van der Waals surface area contributed by atoms with Crippen molar-refractivity contribution in [2.45, 2.75) is 71.0 Å². The number of rotatable bonds is 6. The molecule has 2 aliphatic heterocycles. The molecule has 3 aliphatic rings. The molecule has 4 rings (SSSR count). The molecule has 4 heteroatoms. The fraction of sp³-hybridized carbons (Fsp3) is 0.783. The number of aryl methyl sites for hydroxylation is 1. The summed E-state index contributed by atoms with van der Waals surface area (Å²) >= 11 is 0. The number of piperidine rings is 1. The fourth-order valence-corrected chi connectivity index (χ4v) is 5.27. The van der Waals surface area contributed by atoms with Crippen molar-refractivity contribution in [3.05, 3.63) is 29.6 Å². The van der Waals surface area contributed by atoms with Crippen molar-refractivity contribution in [2.75, 3.05) is 32.8 Å². The van der Waals surface area contributed by atoms with E-state index in [-0.39, 0.29) is 6.10 Å². The van der Waals surface area contributed by atoms with Crippen LogP contribution >= 0.6 is 0 Å². The van der Waals surface area contributed by atoms with Crippen molar-refractivity contribution in [2.24, 2.45) is 11.3 Å². The Kier molecular flexibility index (Phi) is 6.46. The number of nitrogens with zero attached hydrogens (tertiary/aromatic N) is 2. The van der Waals surface area contributed by atoms with Gasteiger partial charge in [-0.15, -0.1) is 0 Å². The van der Waals surface area contributed by atoms with Gasteiger partial charge in [-0.1, -0.05) is 25.3 Å². The zero-order valence-electron chi connectivity index (χ0n) is 17.0. The van der Waals surface area contributed by atoms with Crippen LogP contribution in [-0.4, -0.2) is 48.8 Å². The van der Waals surface area contributed by atoms with Crippen LogP contribution in [0.3, 0.4) is 0 Å². The quantitative estimate of drug-likeness (QED) is 0.743. The van der Waals surface area contributed by atoms with Crippen LogP contribution in [0.25, 0.3) is 0 Å². The molecule has 1 atom stereocenters. The summed E-state index contributed by atoms with van der Waals surface area (Å²) in [6, 6.07) is 6.10. The standard InChI is InChI=1S/C23H36N2O2/c1-19-6-5-9-21(24-19)16-26-17-22-14-23(18-27-22)10-12-25(13-11-23)15-20-7-3-2-4-8-20/h5-6,9,20,22H,2-4,7-8,10-18H2,1H3. The molecule has 3 heterocycles. The Balaban J connectivity index is 1.17. The largest absolute Gasteiger partial charge is 0.375 e. The zero-order valence-corrected chi connectivity index (χ0v) is 17.0. The Labute approximate surface area is 164 Å². The first-order chi connectivity index (χ1) is 13.2. The minimum Gasteiger partial charge on any atom is -0.375 e. The van der Waals surface area contributed by atoms with E-state index >= 15 is 0 Å². The van der Waals surface area contributed by atoms with Gasteiger partial charge in [-0.25, -0.2) is 0 Å². The summed E-state index contributed by atoms with van der Waals surface area (Å²) in [7, 11) is 0. The maximum absolute atomic E-state index is 6.13. The topological polar surface area (TPSA) is 34.6 Å². The van der Waals surface area contributed by atoms with E-state index in [1.807, 2.05) is 25.1 Å². The lowest BCUT2D eigenvalue weighted by Gasteiger charge is -2.40. The van der Waals surface area contributed by atoms with E-state index < -0.39 is 0 Å². The van der Waals surface area contributed by atoms with Gasteiger partial charge in [0.2, 0.25) is 0 Å². The van der Waals surface area contributed by atoms with E-state index in [1.54, 1.807) is 0 Å². The number of hydrogen-bond acceptors (Lipinski definition) is 4. The van der Waals surface area contributed by atoms with Crippen LogP contribution in [0.15, 0.2) is 18.2 Å². The maximum Gasteiger partial charge on any atom is 0.0889 e. The van der Waals surface area contributed by atoms with E-state index in [2.05, 4.69) is 9.88 Å². The van der Waals surface area contributed by atoms with E-state index in [4.69, 9.17) is 9.47 Å². The minimum absolute atomic E-state index is 0.264. The Morgan fingerprint density at radius 1 is 1.19 bits per heavy atom. The third-order valence-electron chi connectivity index (χ3n) is 6.94. The summed E-state index contributed by atoms with van der Waals surface area (Å²) in [5.41, 5.74) is 2.48. The molecule has 150 valence electrons. The molecule has 4 nitrogen and oxygen atoms in total. The van der Waals surface area contributed by atoms with Gasteiger partial charge in [0.15, 0.2) is 0 Å². The summed E-state index contributed by atoms with van der Waals surface area (Å²) in [6.07, 6.45) is 11.3. The van der Waals surface area contributed by atoms with Crippen molar-refractivity contribution in [1.82, 2.24) is 9.88 Å². The van der Waals surface area contributed by atoms with Crippen molar-refractivity contribution < 1.29 is 9.47 Å². The number of aromatic nitrogens is 1. The highest BCUT2D eigenvalue weighted by atomic mass is 16.5. The molecule has 3 fully saturated rings. The lowest BCUT2D eigenvalue weighted by molar-refractivity contribution is 0.00531. The van der Waals surface area contributed by atoms with Crippen LogP contribution in [0.4, 0.5) is 0 Å². The third-order valence-corrected chi connectivity index (χ3v) is 6.94. The van der Waals surface area contributed by atoms with Crippen molar-refractivity contribution in [3.8, 4) is 0 Å². The molecule has 1 saturated carbocycles. The monoisotopic (exact) mass is 372 g/mol. The predicted molar refractivity (Wildman–Crippen MR) is 108 cm³/mol. The average molecular weight is 373 g/mol. The summed E-state index contributed by atoms with van der Waals surface area (Å²) in [5.74, 6) is 0.962. The van der Waals surface area contributed by atoms with Gasteiger partial charge in [0.05, 0.1) is 31.6 Å². The Hall–Kier alpha value is -0.970. The van der Waals surface area contributed by atoms with Gasteiger partial charge in [0.1, 0.15) is 0 Å². The van der Waals surface area contributed by atoms with Crippen LogP contribution in [0.2, 0.25) is 0 Å². The van der Waals surface area contributed by atoms with E-state index in [0.717, 1.165) is 23.9 Å². The van der Waals surface area contributed by atoms with Gasteiger partial charge >= 0.3 is 0 Å².